The van der Waals surface area contributed by atoms with Crippen LogP contribution in [0.25, 0.3) is 0 Å². The van der Waals surface area contributed by atoms with E-state index in [0.717, 1.165) is 0 Å². The van der Waals surface area contributed by atoms with E-state index in [1.807, 2.05) is 77.9 Å². The minimum atomic E-state index is 0. The number of nitriles is 1. The molecule has 0 fully saturated rings. The van der Waals surface area contributed by atoms with Gasteiger partial charge in [0.15, 0.2) is 0 Å². The molecule has 0 spiro atoms. The number of aryl methyl sites for hydroxylation is 2. The molecule has 0 unspecified atom stereocenters. The zero-order chi connectivity index (χ0) is 18.9. The molecule has 0 aliphatic rings. The molecule has 3 heteroatoms. The van der Waals surface area contributed by atoms with Gasteiger partial charge in [0.05, 0.1) is 6.07 Å². The summed E-state index contributed by atoms with van der Waals surface area (Å²) in [6, 6.07) is 22.3. The Hall–Kier alpha value is 0.138. The first-order chi connectivity index (χ1) is 11.2. The third kappa shape index (κ3) is 58.5. The van der Waals surface area contributed by atoms with Crippen LogP contribution < -0.4 is 0 Å². The molecule has 152 valence electrons. The first-order valence-electron chi connectivity index (χ1n) is 8.54. The van der Waals surface area contributed by atoms with Crippen molar-refractivity contribution in [2.24, 2.45) is 0 Å². The van der Waals surface area contributed by atoms with Gasteiger partial charge in [-0.05, 0) is 13.8 Å². The van der Waals surface area contributed by atoms with Gasteiger partial charge in [-0.1, -0.05) is 113 Å². The van der Waals surface area contributed by atoms with Crippen LogP contribution in [-0.2, 0) is 65.4 Å². The molecule has 1 nitrogen and oxygen atoms in total. The standard InChI is InChI=1S/2C7H8.C2H3N.3C2H6.2CH3.2Y/c2*1-7-5-3-2-4-6-7;1-2-3;3*1-2;;;;/h2*2-6H,1H3;1H3;3*1-2H3;2*1H3;;/q;;;;;;2*-1;;. The van der Waals surface area contributed by atoms with Crippen molar-refractivity contribution in [1.29, 1.82) is 5.26 Å². The summed E-state index contributed by atoms with van der Waals surface area (Å²) in [5, 5.41) is 7.32. The van der Waals surface area contributed by atoms with Gasteiger partial charge in [0.1, 0.15) is 0 Å². The minimum Gasteiger partial charge on any atom is -0.358 e. The summed E-state index contributed by atoms with van der Waals surface area (Å²) in [6.45, 7) is 17.6. The van der Waals surface area contributed by atoms with Gasteiger partial charge >= 0.3 is 0 Å². The maximum Gasteiger partial charge on any atom is 0.0587 e. The molecule has 0 saturated carbocycles. The predicted molar refractivity (Wildman–Crippen MR) is 121 cm³/mol. The van der Waals surface area contributed by atoms with Gasteiger partial charge in [-0.25, -0.2) is 0 Å². The molecule has 0 saturated heterocycles. The molecule has 0 aliphatic carbocycles. The van der Waals surface area contributed by atoms with Crippen LogP contribution in [0.1, 0.15) is 59.6 Å². The molecule has 0 bridgehead atoms. The van der Waals surface area contributed by atoms with E-state index in [1.165, 1.54) is 18.1 Å². The topological polar surface area (TPSA) is 23.8 Å². The van der Waals surface area contributed by atoms with Gasteiger partial charge in [0, 0.05) is 72.3 Å². The Morgan fingerprint density at radius 3 is 0.778 bits per heavy atom. The van der Waals surface area contributed by atoms with E-state index in [4.69, 9.17) is 5.26 Å². The second-order valence-electron chi connectivity index (χ2n) is 3.53. The molecule has 2 aromatic carbocycles. The quantitative estimate of drug-likeness (QED) is 0.318. The smallest absolute Gasteiger partial charge is 0.0587 e. The van der Waals surface area contributed by atoms with Crippen molar-refractivity contribution in [2.75, 3.05) is 0 Å². The van der Waals surface area contributed by atoms with E-state index in [9.17, 15) is 0 Å². The van der Waals surface area contributed by atoms with Crippen molar-refractivity contribution >= 4 is 0 Å². The van der Waals surface area contributed by atoms with Crippen LogP contribution >= 0.6 is 0 Å². The average Bonchev–Trinajstić information content (AvgIpc) is 2.63. The molecule has 0 atom stereocenters. The van der Waals surface area contributed by atoms with Crippen molar-refractivity contribution in [3.05, 3.63) is 86.6 Å². The minimum absolute atomic E-state index is 0. The third-order valence-corrected chi connectivity index (χ3v) is 1.88. The van der Waals surface area contributed by atoms with Gasteiger partial charge < -0.3 is 14.9 Å². The second-order valence-corrected chi connectivity index (χ2v) is 3.53. The first-order valence-corrected chi connectivity index (χ1v) is 8.54. The van der Waals surface area contributed by atoms with Crippen LogP contribution in [0.3, 0.4) is 0 Å². The van der Waals surface area contributed by atoms with Gasteiger partial charge in [0.25, 0.3) is 0 Å². The van der Waals surface area contributed by atoms with E-state index >= 15 is 0 Å². The molecule has 0 heterocycles. The van der Waals surface area contributed by atoms with Crippen LogP contribution in [0.4, 0.5) is 0 Å². The van der Waals surface area contributed by atoms with E-state index < -0.39 is 0 Å². The van der Waals surface area contributed by atoms with Crippen molar-refractivity contribution in [2.45, 2.75) is 62.3 Å². The van der Waals surface area contributed by atoms with E-state index in [0.29, 0.717) is 0 Å². The molecule has 27 heavy (non-hydrogen) atoms. The van der Waals surface area contributed by atoms with Crippen LogP contribution in [0.2, 0.25) is 0 Å². The maximum atomic E-state index is 7.32. The Balaban J connectivity index is -0.0000000286. The van der Waals surface area contributed by atoms with E-state index in [-0.39, 0.29) is 80.3 Å². The number of rotatable bonds is 0. The number of nitrogens with zero attached hydrogens (tertiary/aromatic N) is 1. The Labute approximate surface area is 223 Å². The molecule has 0 aliphatic heterocycles. The zero-order valence-corrected chi connectivity index (χ0v) is 25.6. The molecular formula is C24H43NY2-2. The van der Waals surface area contributed by atoms with E-state index in [2.05, 4.69) is 38.1 Å². The SMILES string of the molecule is CC.CC.CC.CC#N.Cc1ccccc1.Cc1ccccc1.[CH3-].[CH3-].[Y].[Y]. The molecular weight excluding hydrogens is 480 g/mol. The molecule has 2 rings (SSSR count). The largest absolute Gasteiger partial charge is 0.358 e. The van der Waals surface area contributed by atoms with Gasteiger partial charge in [0.2, 0.25) is 0 Å². The fourth-order valence-corrected chi connectivity index (χ4v) is 1.07. The summed E-state index contributed by atoms with van der Waals surface area (Å²) in [7, 11) is 0. The molecule has 2 aromatic rings. The summed E-state index contributed by atoms with van der Waals surface area (Å²) in [5.74, 6) is 0. The monoisotopic (exact) mass is 523 g/mol. The van der Waals surface area contributed by atoms with Crippen LogP contribution in [-0.4, -0.2) is 0 Å². The van der Waals surface area contributed by atoms with Crippen LogP contribution in [0.5, 0.6) is 0 Å². The van der Waals surface area contributed by atoms with E-state index in [1.54, 1.807) is 6.07 Å². The average molecular weight is 523 g/mol. The third-order valence-electron chi connectivity index (χ3n) is 1.88. The molecule has 0 N–H and O–H groups in total. The zero-order valence-electron chi connectivity index (χ0n) is 19.9. The Morgan fingerprint density at radius 1 is 0.556 bits per heavy atom. The maximum absolute atomic E-state index is 7.32. The molecule has 2 radical (unpaired) electrons. The first kappa shape index (κ1) is 50.6. The fraction of sp³-hybridized carbons (Fsp3) is 0.375. The van der Waals surface area contributed by atoms with Crippen LogP contribution in [0, 0.1) is 40.0 Å². The number of hydrogen-bond donors (Lipinski definition) is 0. The second kappa shape index (κ2) is 56.2. The summed E-state index contributed by atoms with van der Waals surface area (Å²) < 4.78 is 0. The van der Waals surface area contributed by atoms with Gasteiger partial charge in [-0.3, -0.25) is 0 Å². The van der Waals surface area contributed by atoms with Crippen molar-refractivity contribution in [3.8, 4) is 6.07 Å². The Bertz CT molecular complexity index is 386. The molecule has 0 aromatic heterocycles. The summed E-state index contributed by atoms with van der Waals surface area (Å²) in [4.78, 5) is 0. The van der Waals surface area contributed by atoms with Crippen LogP contribution in [0.15, 0.2) is 60.7 Å². The van der Waals surface area contributed by atoms with Crippen molar-refractivity contribution < 1.29 is 65.4 Å². The Morgan fingerprint density at radius 2 is 0.704 bits per heavy atom. The van der Waals surface area contributed by atoms with Gasteiger partial charge in [-0.15, -0.1) is 0 Å². The Kier molecular flexibility index (Phi) is 105. The summed E-state index contributed by atoms with van der Waals surface area (Å²) >= 11 is 0. The van der Waals surface area contributed by atoms with Crippen molar-refractivity contribution in [3.63, 3.8) is 0 Å². The normalized spacial score (nSPS) is 5.48. The number of hydrogen-bond acceptors (Lipinski definition) is 1. The predicted octanol–water partition coefficient (Wildman–Crippen LogP) is 8.49. The molecule has 0 amide bonds. The summed E-state index contributed by atoms with van der Waals surface area (Å²) in [6.07, 6.45) is 0. The fourth-order valence-electron chi connectivity index (χ4n) is 1.07. The number of benzene rings is 2. The van der Waals surface area contributed by atoms with Gasteiger partial charge in [-0.2, -0.15) is 5.26 Å². The van der Waals surface area contributed by atoms with Crippen molar-refractivity contribution in [1.82, 2.24) is 0 Å². The summed E-state index contributed by atoms with van der Waals surface area (Å²) in [5.41, 5.74) is 2.64.